The van der Waals surface area contributed by atoms with E-state index in [9.17, 15) is 0 Å². The lowest BCUT2D eigenvalue weighted by molar-refractivity contribution is 0.409. The zero-order chi connectivity index (χ0) is 10.6. The Bertz CT molecular complexity index is 368. The lowest BCUT2D eigenvalue weighted by Crippen LogP contribution is -1.95. The molecule has 0 atom stereocenters. The van der Waals surface area contributed by atoms with E-state index in [2.05, 4.69) is 6.07 Å². The third-order valence-corrected chi connectivity index (χ3v) is 2.61. The molecule has 74 valence electrons. The van der Waals surface area contributed by atoms with Gasteiger partial charge in [-0.1, -0.05) is 11.6 Å². The first-order valence-corrected chi connectivity index (χ1v) is 4.77. The van der Waals surface area contributed by atoms with Gasteiger partial charge in [-0.3, -0.25) is 0 Å². The van der Waals surface area contributed by atoms with E-state index in [4.69, 9.17) is 21.6 Å². The number of nitriles is 1. The van der Waals surface area contributed by atoms with Crippen LogP contribution in [0.15, 0.2) is 12.1 Å². The first kappa shape index (κ1) is 10.9. The number of rotatable bonds is 3. The Hall–Kier alpha value is -1.20. The third-order valence-electron chi connectivity index (χ3n) is 2.20. The van der Waals surface area contributed by atoms with Crippen LogP contribution in [0.2, 0.25) is 5.02 Å². The molecule has 1 rings (SSSR count). The second kappa shape index (κ2) is 4.88. The minimum absolute atomic E-state index is 0.484. The highest BCUT2D eigenvalue weighted by Gasteiger charge is 2.08. The number of nitrogens with zero attached hydrogens (tertiary/aromatic N) is 1. The van der Waals surface area contributed by atoms with Gasteiger partial charge in [-0.15, -0.1) is 0 Å². The van der Waals surface area contributed by atoms with Crippen LogP contribution in [0.5, 0.6) is 5.75 Å². The maximum absolute atomic E-state index is 8.53. The minimum atomic E-state index is 0.484. The minimum Gasteiger partial charge on any atom is -0.496 e. The van der Waals surface area contributed by atoms with Crippen molar-refractivity contribution in [3.05, 3.63) is 28.3 Å². The average Bonchev–Trinajstić information content (AvgIpc) is 2.20. The number of methoxy groups -OCH3 is 1. The molecule has 0 N–H and O–H groups in total. The molecule has 0 spiro atoms. The van der Waals surface area contributed by atoms with Gasteiger partial charge in [0.25, 0.3) is 0 Å². The summed E-state index contributed by atoms with van der Waals surface area (Å²) in [6.07, 6.45) is 1.17. The molecule has 0 aromatic heterocycles. The molecule has 0 aliphatic rings. The van der Waals surface area contributed by atoms with Crippen molar-refractivity contribution in [3.8, 4) is 11.8 Å². The van der Waals surface area contributed by atoms with Crippen molar-refractivity contribution in [2.45, 2.75) is 19.8 Å². The van der Waals surface area contributed by atoms with E-state index in [0.29, 0.717) is 12.8 Å². The van der Waals surface area contributed by atoms with Gasteiger partial charge in [-0.05, 0) is 36.6 Å². The van der Waals surface area contributed by atoms with Gasteiger partial charge in [0.15, 0.2) is 0 Å². The monoisotopic (exact) mass is 209 g/mol. The van der Waals surface area contributed by atoms with E-state index in [1.807, 2.05) is 19.1 Å². The topological polar surface area (TPSA) is 33.0 Å². The summed E-state index contributed by atoms with van der Waals surface area (Å²) in [5.41, 5.74) is 2.03. The first-order valence-electron chi connectivity index (χ1n) is 4.39. The molecule has 0 amide bonds. The summed E-state index contributed by atoms with van der Waals surface area (Å²) in [6.45, 7) is 1.94. The van der Waals surface area contributed by atoms with Crippen molar-refractivity contribution in [3.63, 3.8) is 0 Å². The van der Waals surface area contributed by atoms with Gasteiger partial charge in [0.05, 0.1) is 13.2 Å². The summed E-state index contributed by atoms with van der Waals surface area (Å²) in [6, 6.07) is 5.76. The first-order chi connectivity index (χ1) is 6.70. The predicted molar refractivity (Wildman–Crippen MR) is 56.7 cm³/mol. The standard InChI is InChI=1S/C11H12ClNO/c1-8-9(4-3-7-13)11(14-2)6-5-10(8)12/h5-6H,3-4H2,1-2H3. The Kier molecular flexibility index (Phi) is 3.79. The lowest BCUT2D eigenvalue weighted by Gasteiger charge is -2.11. The second-order valence-electron chi connectivity index (χ2n) is 3.01. The predicted octanol–water partition coefficient (Wildman–Crippen LogP) is 3.11. The van der Waals surface area contributed by atoms with Crippen LogP contribution in [-0.4, -0.2) is 7.11 Å². The molecule has 0 saturated heterocycles. The van der Waals surface area contributed by atoms with Crippen LogP contribution in [0.25, 0.3) is 0 Å². The molecule has 0 bridgehead atoms. The van der Waals surface area contributed by atoms with Crippen LogP contribution in [0.1, 0.15) is 17.5 Å². The van der Waals surface area contributed by atoms with Crippen LogP contribution in [-0.2, 0) is 6.42 Å². The number of ether oxygens (including phenoxy) is 1. The van der Waals surface area contributed by atoms with Crippen molar-refractivity contribution in [1.29, 1.82) is 5.26 Å². The van der Waals surface area contributed by atoms with Crippen molar-refractivity contribution in [2.75, 3.05) is 7.11 Å². The highest BCUT2D eigenvalue weighted by atomic mass is 35.5. The summed E-state index contributed by atoms with van der Waals surface area (Å²) in [4.78, 5) is 0. The Labute approximate surface area is 89.1 Å². The molecule has 0 unspecified atom stereocenters. The Balaban J connectivity index is 3.09. The highest BCUT2D eigenvalue weighted by molar-refractivity contribution is 6.31. The average molecular weight is 210 g/mol. The molecule has 14 heavy (non-hydrogen) atoms. The lowest BCUT2D eigenvalue weighted by atomic mass is 10.0. The molecule has 0 saturated carbocycles. The normalized spacial score (nSPS) is 9.57. The molecule has 2 nitrogen and oxygen atoms in total. The highest BCUT2D eigenvalue weighted by Crippen LogP contribution is 2.28. The maximum atomic E-state index is 8.53. The van der Waals surface area contributed by atoms with Crippen molar-refractivity contribution >= 4 is 11.6 Å². The van der Waals surface area contributed by atoms with Crippen molar-refractivity contribution in [1.82, 2.24) is 0 Å². The van der Waals surface area contributed by atoms with Crippen LogP contribution in [0, 0.1) is 18.3 Å². The number of benzene rings is 1. The van der Waals surface area contributed by atoms with E-state index >= 15 is 0 Å². The Morgan fingerprint density at radius 1 is 1.50 bits per heavy atom. The molecule has 3 heteroatoms. The third kappa shape index (κ3) is 2.18. The molecule has 0 fully saturated rings. The second-order valence-corrected chi connectivity index (χ2v) is 3.42. The zero-order valence-corrected chi connectivity index (χ0v) is 9.06. The summed E-state index contributed by atoms with van der Waals surface area (Å²) in [5.74, 6) is 0.808. The van der Waals surface area contributed by atoms with Crippen molar-refractivity contribution < 1.29 is 4.74 Å². The van der Waals surface area contributed by atoms with Gasteiger partial charge in [0.2, 0.25) is 0 Å². The van der Waals surface area contributed by atoms with Crippen LogP contribution in [0.3, 0.4) is 0 Å². The van der Waals surface area contributed by atoms with Crippen LogP contribution < -0.4 is 4.74 Å². The Morgan fingerprint density at radius 2 is 2.21 bits per heavy atom. The molecule has 0 aliphatic carbocycles. The van der Waals surface area contributed by atoms with E-state index < -0.39 is 0 Å². The van der Waals surface area contributed by atoms with E-state index in [-0.39, 0.29) is 0 Å². The number of halogens is 1. The summed E-state index contributed by atoms with van der Waals surface area (Å²) < 4.78 is 5.21. The smallest absolute Gasteiger partial charge is 0.122 e. The summed E-state index contributed by atoms with van der Waals surface area (Å²) >= 11 is 5.98. The molecule has 1 aromatic carbocycles. The maximum Gasteiger partial charge on any atom is 0.122 e. The fourth-order valence-electron chi connectivity index (χ4n) is 1.39. The van der Waals surface area contributed by atoms with Gasteiger partial charge in [-0.25, -0.2) is 0 Å². The molecular formula is C11H12ClNO. The van der Waals surface area contributed by atoms with Crippen LogP contribution >= 0.6 is 11.6 Å². The van der Waals surface area contributed by atoms with Gasteiger partial charge in [0, 0.05) is 11.4 Å². The van der Waals surface area contributed by atoms with E-state index in [0.717, 1.165) is 21.9 Å². The quantitative estimate of drug-likeness (QED) is 0.767. The molecule has 0 heterocycles. The van der Waals surface area contributed by atoms with E-state index in [1.165, 1.54) is 0 Å². The molecule has 1 aromatic rings. The van der Waals surface area contributed by atoms with Crippen molar-refractivity contribution in [2.24, 2.45) is 0 Å². The van der Waals surface area contributed by atoms with Crippen LogP contribution in [0.4, 0.5) is 0 Å². The molecule has 0 aliphatic heterocycles. The fraction of sp³-hybridized carbons (Fsp3) is 0.364. The number of hydrogen-bond donors (Lipinski definition) is 0. The van der Waals surface area contributed by atoms with Gasteiger partial charge in [0.1, 0.15) is 5.75 Å². The fourth-order valence-corrected chi connectivity index (χ4v) is 1.56. The van der Waals surface area contributed by atoms with Gasteiger partial charge >= 0.3 is 0 Å². The molecule has 0 radical (unpaired) electrons. The zero-order valence-electron chi connectivity index (χ0n) is 8.30. The Morgan fingerprint density at radius 3 is 2.79 bits per heavy atom. The molecular weight excluding hydrogens is 198 g/mol. The van der Waals surface area contributed by atoms with Gasteiger partial charge < -0.3 is 4.74 Å². The van der Waals surface area contributed by atoms with Gasteiger partial charge in [-0.2, -0.15) is 5.26 Å². The largest absolute Gasteiger partial charge is 0.496 e. The van der Waals surface area contributed by atoms with E-state index in [1.54, 1.807) is 7.11 Å². The number of hydrogen-bond acceptors (Lipinski definition) is 2. The summed E-state index contributed by atoms with van der Waals surface area (Å²) in [5, 5.41) is 9.25. The SMILES string of the molecule is COc1ccc(Cl)c(C)c1CCC#N. The summed E-state index contributed by atoms with van der Waals surface area (Å²) in [7, 11) is 1.62.